The Hall–Kier alpha value is -1.76. The number of nitrogens with two attached hydrogens (primary N) is 1. The summed E-state index contributed by atoms with van der Waals surface area (Å²) >= 11 is 6.15. The highest BCUT2D eigenvalue weighted by molar-refractivity contribution is 6.31. The van der Waals surface area contributed by atoms with Crippen molar-refractivity contribution >= 4 is 17.4 Å². The zero-order valence-electron chi connectivity index (χ0n) is 11.1. The first-order valence-electron chi connectivity index (χ1n) is 6.53. The van der Waals surface area contributed by atoms with Crippen LogP contribution in [0.5, 0.6) is 0 Å². The Morgan fingerprint density at radius 1 is 1.38 bits per heavy atom. The molecule has 1 fully saturated rings. The number of nitrogen functional groups attached to an aromatic ring is 1. The molecule has 5 nitrogen and oxygen atoms in total. The van der Waals surface area contributed by atoms with Crippen molar-refractivity contribution in [3.05, 3.63) is 40.9 Å². The largest absolute Gasteiger partial charge is 0.380 e. The molecule has 2 aromatic rings. The minimum atomic E-state index is -0.784. The number of rotatable bonds is 2. The van der Waals surface area contributed by atoms with Gasteiger partial charge in [-0.15, -0.1) is 0 Å². The lowest BCUT2D eigenvalue weighted by atomic mass is 10.0. The molecule has 0 saturated carbocycles. The van der Waals surface area contributed by atoms with E-state index in [0.29, 0.717) is 29.5 Å². The van der Waals surface area contributed by atoms with E-state index >= 15 is 0 Å². The number of nitrogens with one attached hydrogen (secondary N) is 1. The smallest absolute Gasteiger partial charge is 0.256 e. The average molecular weight is 309 g/mol. The van der Waals surface area contributed by atoms with Crippen LogP contribution in [0.15, 0.2) is 24.4 Å². The summed E-state index contributed by atoms with van der Waals surface area (Å²) in [5.41, 5.74) is 7.39. The fourth-order valence-electron chi connectivity index (χ4n) is 2.26. The second-order valence-corrected chi connectivity index (χ2v) is 5.22. The van der Waals surface area contributed by atoms with Gasteiger partial charge in [0, 0.05) is 17.1 Å². The number of aromatic nitrogens is 2. The minimum Gasteiger partial charge on any atom is -0.380 e. The quantitative estimate of drug-likeness (QED) is 0.889. The van der Waals surface area contributed by atoms with Crippen LogP contribution in [0.25, 0.3) is 11.3 Å². The predicted octanol–water partition coefficient (Wildman–Crippen LogP) is 2.18. The van der Waals surface area contributed by atoms with Crippen molar-refractivity contribution in [3.63, 3.8) is 0 Å². The number of halogens is 2. The molecule has 0 bridgehead atoms. The normalized spacial score (nSPS) is 18.7. The van der Waals surface area contributed by atoms with Gasteiger partial charge in [-0.3, -0.25) is 0 Å². The second-order valence-electron chi connectivity index (χ2n) is 4.79. The van der Waals surface area contributed by atoms with Crippen molar-refractivity contribution in [1.29, 1.82) is 0 Å². The van der Waals surface area contributed by atoms with Gasteiger partial charge in [-0.25, -0.2) is 9.97 Å². The van der Waals surface area contributed by atoms with Gasteiger partial charge in [-0.2, -0.15) is 4.39 Å². The zero-order chi connectivity index (χ0) is 14.8. The Balaban J connectivity index is 1.98. The third-order valence-electron chi connectivity index (χ3n) is 3.30. The highest BCUT2D eigenvalue weighted by Gasteiger charge is 2.17. The van der Waals surface area contributed by atoms with Crippen LogP contribution in [0.3, 0.4) is 0 Å². The van der Waals surface area contributed by atoms with E-state index in [9.17, 15) is 4.39 Å². The summed E-state index contributed by atoms with van der Waals surface area (Å²) in [6, 6.07) is 5.54. The van der Waals surface area contributed by atoms with E-state index in [1.165, 1.54) is 6.20 Å². The molecule has 1 aromatic heterocycles. The van der Waals surface area contributed by atoms with Crippen LogP contribution in [-0.2, 0) is 4.74 Å². The monoisotopic (exact) mass is 308 g/mol. The molecule has 0 amide bonds. The molecule has 1 unspecified atom stereocenters. The van der Waals surface area contributed by atoms with Crippen LogP contribution < -0.4 is 11.1 Å². The molecule has 1 aliphatic rings. The van der Waals surface area contributed by atoms with Gasteiger partial charge in [0.15, 0.2) is 5.82 Å². The lowest BCUT2D eigenvalue weighted by molar-refractivity contribution is 0.0769. The molecule has 110 valence electrons. The van der Waals surface area contributed by atoms with E-state index in [1.54, 1.807) is 6.07 Å². The zero-order valence-corrected chi connectivity index (χ0v) is 11.9. The number of benzene rings is 1. The number of hydrogen-bond donors (Lipinski definition) is 2. The summed E-state index contributed by atoms with van der Waals surface area (Å²) in [4.78, 5) is 7.59. The Morgan fingerprint density at radius 3 is 2.95 bits per heavy atom. The van der Waals surface area contributed by atoms with Crippen molar-refractivity contribution < 1.29 is 9.13 Å². The fourth-order valence-corrected chi connectivity index (χ4v) is 2.50. The highest BCUT2D eigenvalue weighted by Crippen LogP contribution is 2.27. The molecule has 0 spiro atoms. The molecule has 1 atom stereocenters. The van der Waals surface area contributed by atoms with Crippen LogP contribution >= 0.6 is 11.6 Å². The van der Waals surface area contributed by atoms with Gasteiger partial charge < -0.3 is 15.8 Å². The molecule has 3 N–H and O–H groups in total. The Bertz CT molecular complexity index is 661. The van der Waals surface area contributed by atoms with E-state index in [-0.39, 0.29) is 11.9 Å². The molecule has 3 rings (SSSR count). The Morgan fingerprint density at radius 2 is 2.24 bits per heavy atom. The first kappa shape index (κ1) is 14.2. The van der Waals surface area contributed by atoms with E-state index in [1.807, 2.05) is 12.1 Å². The maximum absolute atomic E-state index is 13.5. The van der Waals surface area contributed by atoms with E-state index in [2.05, 4.69) is 15.3 Å². The highest BCUT2D eigenvalue weighted by atomic mass is 35.5. The molecule has 2 heterocycles. The molecule has 7 heteroatoms. The second kappa shape index (κ2) is 5.93. The van der Waals surface area contributed by atoms with Crippen molar-refractivity contribution in [3.8, 4) is 11.3 Å². The van der Waals surface area contributed by atoms with Crippen LogP contribution in [0.4, 0.5) is 10.2 Å². The van der Waals surface area contributed by atoms with Gasteiger partial charge in [0.2, 0.25) is 0 Å². The molecule has 1 aliphatic heterocycles. The minimum absolute atomic E-state index is 0.0581. The van der Waals surface area contributed by atoms with E-state index in [4.69, 9.17) is 22.1 Å². The molecule has 0 radical (unpaired) electrons. The van der Waals surface area contributed by atoms with E-state index < -0.39 is 5.95 Å². The molecule has 0 aliphatic carbocycles. The van der Waals surface area contributed by atoms with Crippen molar-refractivity contribution in [2.45, 2.75) is 6.04 Å². The lowest BCUT2D eigenvalue weighted by Crippen LogP contribution is -2.34. The number of nitrogens with zero attached hydrogens (tertiary/aromatic N) is 2. The van der Waals surface area contributed by atoms with Gasteiger partial charge in [-0.1, -0.05) is 11.6 Å². The average Bonchev–Trinajstić information content (AvgIpc) is 2.50. The standard InChI is InChI=1S/C14H14ClFN4O/c15-10-4-8(11-6-19-14(17)13(16)20-11)3-9(5-10)12-7-21-2-1-18-12/h3-6,12,18H,1-2,7H2,(H2,17,19). The van der Waals surface area contributed by atoms with Crippen molar-refractivity contribution in [2.75, 3.05) is 25.5 Å². The third-order valence-corrected chi connectivity index (χ3v) is 3.51. The number of hydrogen-bond acceptors (Lipinski definition) is 5. The predicted molar refractivity (Wildman–Crippen MR) is 78.4 cm³/mol. The molecule has 1 saturated heterocycles. The van der Waals surface area contributed by atoms with Gasteiger partial charge in [0.05, 0.1) is 31.1 Å². The molecular formula is C14H14ClFN4O. The molecular weight excluding hydrogens is 295 g/mol. The van der Waals surface area contributed by atoms with Crippen LogP contribution in [0, 0.1) is 5.95 Å². The van der Waals surface area contributed by atoms with Crippen LogP contribution in [-0.4, -0.2) is 29.7 Å². The van der Waals surface area contributed by atoms with Gasteiger partial charge in [0.1, 0.15) is 0 Å². The van der Waals surface area contributed by atoms with Gasteiger partial charge in [0.25, 0.3) is 5.95 Å². The Kier molecular flexibility index (Phi) is 4.01. The Labute approximate surface area is 126 Å². The lowest BCUT2D eigenvalue weighted by Gasteiger charge is -2.24. The molecule has 21 heavy (non-hydrogen) atoms. The first-order chi connectivity index (χ1) is 10.1. The summed E-state index contributed by atoms with van der Waals surface area (Å²) in [6.45, 7) is 2.04. The maximum Gasteiger partial charge on any atom is 0.256 e. The summed E-state index contributed by atoms with van der Waals surface area (Å²) in [5, 5.41) is 3.90. The fraction of sp³-hybridized carbons (Fsp3) is 0.286. The number of morpholine rings is 1. The number of ether oxygens (including phenoxy) is 1. The first-order valence-corrected chi connectivity index (χ1v) is 6.91. The van der Waals surface area contributed by atoms with Crippen molar-refractivity contribution in [1.82, 2.24) is 15.3 Å². The summed E-state index contributed by atoms with van der Waals surface area (Å²) in [6.07, 6.45) is 1.43. The topological polar surface area (TPSA) is 73.1 Å². The SMILES string of the molecule is Nc1ncc(-c2cc(Cl)cc(C3COCCN3)c2)nc1F. The summed E-state index contributed by atoms with van der Waals surface area (Å²) in [5.74, 6) is -1.00. The third kappa shape index (κ3) is 3.12. The van der Waals surface area contributed by atoms with Gasteiger partial charge >= 0.3 is 0 Å². The molecule has 1 aromatic carbocycles. The summed E-state index contributed by atoms with van der Waals surface area (Å²) < 4.78 is 18.9. The van der Waals surface area contributed by atoms with Gasteiger partial charge in [-0.05, 0) is 23.8 Å². The summed E-state index contributed by atoms with van der Waals surface area (Å²) in [7, 11) is 0. The van der Waals surface area contributed by atoms with Crippen LogP contribution in [0.2, 0.25) is 5.02 Å². The maximum atomic E-state index is 13.5. The van der Waals surface area contributed by atoms with Crippen molar-refractivity contribution in [2.24, 2.45) is 0 Å². The number of anilines is 1. The van der Waals surface area contributed by atoms with E-state index in [0.717, 1.165) is 12.1 Å². The van der Waals surface area contributed by atoms with Crippen LogP contribution in [0.1, 0.15) is 11.6 Å².